The Kier molecular flexibility index (Phi) is 5.55. The standard InChI is InChI=1S/C19H15F2N3O4S/c1-12-5-6-16(15(21)9-12)22-17(25)11-24-19(26)8-7-18(23-24)29(27,28)14-4-2-3-13(20)10-14/h2-10H,11H2,1H3,(H,22,25). The van der Waals surface area contributed by atoms with Crippen molar-refractivity contribution in [2.75, 3.05) is 5.32 Å². The third kappa shape index (κ3) is 4.54. The molecule has 1 heterocycles. The number of amides is 1. The molecule has 1 amide bonds. The van der Waals surface area contributed by atoms with Crippen LogP contribution in [0, 0.1) is 18.6 Å². The third-order valence-corrected chi connectivity index (χ3v) is 5.56. The van der Waals surface area contributed by atoms with E-state index >= 15 is 0 Å². The summed E-state index contributed by atoms with van der Waals surface area (Å²) in [5.74, 6) is -2.18. The van der Waals surface area contributed by atoms with Crippen molar-refractivity contribution >= 4 is 21.4 Å². The Morgan fingerprint density at radius 1 is 1.10 bits per heavy atom. The second-order valence-corrected chi connectivity index (χ2v) is 8.06. The van der Waals surface area contributed by atoms with Crippen LogP contribution in [0.4, 0.5) is 14.5 Å². The molecule has 150 valence electrons. The van der Waals surface area contributed by atoms with E-state index < -0.39 is 44.5 Å². The van der Waals surface area contributed by atoms with Gasteiger partial charge in [-0.15, -0.1) is 0 Å². The second kappa shape index (κ2) is 7.92. The maximum atomic E-state index is 13.9. The molecule has 1 N–H and O–H groups in total. The first-order chi connectivity index (χ1) is 13.7. The Morgan fingerprint density at radius 2 is 1.86 bits per heavy atom. The highest BCUT2D eigenvalue weighted by Gasteiger charge is 2.21. The van der Waals surface area contributed by atoms with Crippen LogP contribution in [0.5, 0.6) is 0 Å². The van der Waals surface area contributed by atoms with Crippen LogP contribution >= 0.6 is 0 Å². The first kappa shape index (κ1) is 20.3. The molecule has 0 saturated heterocycles. The molecule has 2 aromatic carbocycles. The number of anilines is 1. The van der Waals surface area contributed by atoms with Gasteiger partial charge in [0.25, 0.3) is 5.56 Å². The largest absolute Gasteiger partial charge is 0.322 e. The highest BCUT2D eigenvalue weighted by atomic mass is 32.2. The molecule has 3 rings (SSSR count). The molecule has 0 radical (unpaired) electrons. The van der Waals surface area contributed by atoms with Crippen LogP contribution in [0.3, 0.4) is 0 Å². The second-order valence-electron chi connectivity index (χ2n) is 6.16. The lowest BCUT2D eigenvalue weighted by Gasteiger charge is -2.10. The molecule has 0 aliphatic heterocycles. The molecule has 0 bridgehead atoms. The fraction of sp³-hybridized carbons (Fsp3) is 0.105. The quantitative estimate of drug-likeness (QED) is 0.684. The van der Waals surface area contributed by atoms with Gasteiger partial charge < -0.3 is 5.32 Å². The number of halogens is 2. The Morgan fingerprint density at radius 3 is 2.55 bits per heavy atom. The van der Waals surface area contributed by atoms with Crippen molar-refractivity contribution in [1.29, 1.82) is 0 Å². The van der Waals surface area contributed by atoms with Crippen LogP contribution in [0.25, 0.3) is 0 Å². The van der Waals surface area contributed by atoms with Crippen molar-refractivity contribution in [3.8, 4) is 0 Å². The number of aryl methyl sites for hydroxylation is 1. The molecular weight excluding hydrogens is 404 g/mol. The fourth-order valence-electron chi connectivity index (χ4n) is 2.49. The van der Waals surface area contributed by atoms with E-state index in [-0.39, 0.29) is 10.6 Å². The smallest absolute Gasteiger partial charge is 0.267 e. The van der Waals surface area contributed by atoms with E-state index in [1.807, 2.05) is 0 Å². The average molecular weight is 419 g/mol. The van der Waals surface area contributed by atoms with Crippen molar-refractivity contribution in [1.82, 2.24) is 9.78 Å². The van der Waals surface area contributed by atoms with E-state index in [2.05, 4.69) is 10.4 Å². The highest BCUT2D eigenvalue weighted by molar-refractivity contribution is 7.91. The molecule has 0 aliphatic carbocycles. The minimum atomic E-state index is -4.21. The molecule has 7 nitrogen and oxygen atoms in total. The lowest BCUT2D eigenvalue weighted by molar-refractivity contribution is -0.117. The average Bonchev–Trinajstić information content (AvgIpc) is 2.65. The molecule has 0 saturated carbocycles. The maximum absolute atomic E-state index is 13.9. The van der Waals surface area contributed by atoms with Gasteiger partial charge in [-0.1, -0.05) is 12.1 Å². The summed E-state index contributed by atoms with van der Waals surface area (Å²) >= 11 is 0. The van der Waals surface area contributed by atoms with E-state index in [0.717, 1.165) is 24.3 Å². The molecule has 29 heavy (non-hydrogen) atoms. The van der Waals surface area contributed by atoms with Crippen LogP contribution in [-0.2, 0) is 21.2 Å². The number of rotatable bonds is 5. The van der Waals surface area contributed by atoms with Gasteiger partial charge in [0.2, 0.25) is 15.7 Å². The summed E-state index contributed by atoms with van der Waals surface area (Å²) in [4.78, 5) is 23.8. The summed E-state index contributed by atoms with van der Waals surface area (Å²) in [6.45, 7) is 1.04. The maximum Gasteiger partial charge on any atom is 0.267 e. The number of nitrogens with one attached hydrogen (secondary N) is 1. The summed E-state index contributed by atoms with van der Waals surface area (Å²) in [6, 6.07) is 10.4. The number of benzene rings is 2. The van der Waals surface area contributed by atoms with Gasteiger partial charge in [0, 0.05) is 6.07 Å². The molecule has 0 unspecified atom stereocenters. The predicted molar refractivity (Wildman–Crippen MR) is 100 cm³/mol. The monoisotopic (exact) mass is 419 g/mol. The van der Waals surface area contributed by atoms with Crippen molar-refractivity contribution in [2.45, 2.75) is 23.4 Å². The number of nitrogens with zero attached hydrogens (tertiary/aromatic N) is 2. The number of sulfone groups is 1. The number of aromatic nitrogens is 2. The van der Waals surface area contributed by atoms with Gasteiger partial charge in [-0.2, -0.15) is 5.10 Å². The van der Waals surface area contributed by atoms with Gasteiger partial charge >= 0.3 is 0 Å². The summed E-state index contributed by atoms with van der Waals surface area (Å²) in [7, 11) is -4.21. The van der Waals surface area contributed by atoms with Gasteiger partial charge in [-0.3, -0.25) is 9.59 Å². The molecular formula is C19H15F2N3O4S. The van der Waals surface area contributed by atoms with E-state index in [1.165, 1.54) is 24.3 Å². The van der Waals surface area contributed by atoms with Crippen molar-refractivity contribution < 1.29 is 22.0 Å². The third-order valence-electron chi connectivity index (χ3n) is 3.92. The molecule has 0 fully saturated rings. The van der Waals surface area contributed by atoms with Crippen LogP contribution in [0.15, 0.2) is 69.3 Å². The van der Waals surface area contributed by atoms with Crippen molar-refractivity contribution in [2.24, 2.45) is 0 Å². The zero-order valence-corrected chi connectivity index (χ0v) is 15.9. The summed E-state index contributed by atoms with van der Waals surface area (Å²) in [6.07, 6.45) is 0. The summed E-state index contributed by atoms with van der Waals surface area (Å²) in [5.41, 5.74) is -0.159. The Balaban J connectivity index is 1.87. The van der Waals surface area contributed by atoms with Crippen LogP contribution in [0.1, 0.15) is 5.56 Å². The van der Waals surface area contributed by atoms with E-state index in [0.29, 0.717) is 10.2 Å². The van der Waals surface area contributed by atoms with Gasteiger partial charge in [0.05, 0.1) is 10.6 Å². The summed E-state index contributed by atoms with van der Waals surface area (Å²) < 4.78 is 53.1. The number of carbonyl (C=O) groups excluding carboxylic acids is 1. The fourth-order valence-corrected chi connectivity index (χ4v) is 3.71. The lowest BCUT2D eigenvalue weighted by Crippen LogP contribution is -2.30. The van der Waals surface area contributed by atoms with Gasteiger partial charge in [0.1, 0.15) is 18.2 Å². The zero-order chi connectivity index (χ0) is 21.2. The van der Waals surface area contributed by atoms with Crippen LogP contribution in [-0.4, -0.2) is 24.1 Å². The number of hydrogen-bond acceptors (Lipinski definition) is 5. The first-order valence-corrected chi connectivity index (χ1v) is 9.80. The minimum Gasteiger partial charge on any atom is -0.322 e. The Bertz CT molecular complexity index is 1260. The molecule has 0 spiro atoms. The van der Waals surface area contributed by atoms with Crippen molar-refractivity contribution in [3.63, 3.8) is 0 Å². The summed E-state index contributed by atoms with van der Waals surface area (Å²) in [5, 5.41) is 5.47. The highest BCUT2D eigenvalue weighted by Crippen LogP contribution is 2.19. The number of carbonyl (C=O) groups is 1. The predicted octanol–water partition coefficient (Wildman–Crippen LogP) is 2.30. The molecule has 1 aromatic heterocycles. The lowest BCUT2D eigenvalue weighted by atomic mass is 10.2. The van der Waals surface area contributed by atoms with E-state index in [4.69, 9.17) is 0 Å². The molecule has 10 heteroatoms. The van der Waals surface area contributed by atoms with Crippen LogP contribution < -0.4 is 10.9 Å². The Hall–Kier alpha value is -3.40. The van der Waals surface area contributed by atoms with E-state index in [9.17, 15) is 26.8 Å². The topological polar surface area (TPSA) is 98.1 Å². The van der Waals surface area contributed by atoms with E-state index in [1.54, 1.807) is 13.0 Å². The first-order valence-electron chi connectivity index (χ1n) is 8.31. The normalized spacial score (nSPS) is 11.3. The van der Waals surface area contributed by atoms with Crippen LogP contribution in [0.2, 0.25) is 0 Å². The zero-order valence-electron chi connectivity index (χ0n) is 15.1. The van der Waals surface area contributed by atoms with Gasteiger partial charge in [-0.25, -0.2) is 21.9 Å². The molecule has 3 aromatic rings. The van der Waals surface area contributed by atoms with Gasteiger partial charge in [0.15, 0.2) is 5.03 Å². The molecule has 0 atom stereocenters. The minimum absolute atomic E-state index is 0.0859. The molecule has 0 aliphatic rings. The Labute approximate surface area is 164 Å². The SMILES string of the molecule is Cc1ccc(NC(=O)Cn2nc(S(=O)(=O)c3cccc(F)c3)ccc2=O)c(F)c1. The number of hydrogen-bond donors (Lipinski definition) is 1. The van der Waals surface area contributed by atoms with Crippen molar-refractivity contribution in [3.05, 3.63) is 82.1 Å². The van der Waals surface area contributed by atoms with Gasteiger partial charge in [-0.05, 0) is 48.9 Å².